The van der Waals surface area contributed by atoms with E-state index in [1.807, 2.05) is 26.8 Å². The van der Waals surface area contributed by atoms with E-state index in [0.29, 0.717) is 0 Å². The van der Waals surface area contributed by atoms with Crippen LogP contribution >= 0.6 is 15.9 Å². The van der Waals surface area contributed by atoms with E-state index in [4.69, 9.17) is 4.42 Å². The lowest BCUT2D eigenvalue weighted by Gasteiger charge is -2.16. The Morgan fingerprint density at radius 2 is 2.00 bits per heavy atom. The molecule has 0 aliphatic rings. The van der Waals surface area contributed by atoms with Crippen LogP contribution in [-0.4, -0.2) is 0 Å². The van der Waals surface area contributed by atoms with Crippen molar-refractivity contribution in [1.82, 2.24) is 0 Å². The van der Waals surface area contributed by atoms with E-state index < -0.39 is 0 Å². The number of halogens is 2. The van der Waals surface area contributed by atoms with Crippen molar-refractivity contribution in [2.75, 3.05) is 5.32 Å². The Balaban J connectivity index is 2.23. The van der Waals surface area contributed by atoms with Crippen molar-refractivity contribution in [2.45, 2.75) is 26.8 Å². The predicted octanol–water partition coefficient (Wildman–Crippen LogP) is 4.97. The fourth-order valence-corrected chi connectivity index (χ4v) is 2.36. The molecule has 0 spiro atoms. The Kier molecular flexibility index (Phi) is 3.76. The van der Waals surface area contributed by atoms with Crippen molar-refractivity contribution < 1.29 is 8.81 Å². The molecule has 0 bridgehead atoms. The van der Waals surface area contributed by atoms with Gasteiger partial charge in [0.15, 0.2) is 0 Å². The van der Waals surface area contributed by atoms with Crippen LogP contribution in [0.2, 0.25) is 0 Å². The van der Waals surface area contributed by atoms with E-state index in [2.05, 4.69) is 21.2 Å². The molecular formula is C14H15BrFNO. The first-order valence-corrected chi connectivity index (χ1v) is 6.55. The number of hydrogen-bond acceptors (Lipinski definition) is 2. The zero-order valence-corrected chi connectivity index (χ0v) is 12.1. The Morgan fingerprint density at radius 3 is 2.61 bits per heavy atom. The lowest BCUT2D eigenvalue weighted by Crippen LogP contribution is -2.07. The summed E-state index contributed by atoms with van der Waals surface area (Å²) in [6, 6.07) is 6.65. The molecule has 1 aromatic carbocycles. The minimum atomic E-state index is -0.256. The number of rotatable bonds is 3. The van der Waals surface area contributed by atoms with E-state index in [1.165, 1.54) is 12.1 Å². The summed E-state index contributed by atoms with van der Waals surface area (Å²) in [4.78, 5) is 0. The Hall–Kier alpha value is -1.29. The lowest BCUT2D eigenvalue weighted by molar-refractivity contribution is 0.500. The van der Waals surface area contributed by atoms with Crippen LogP contribution in [0.1, 0.15) is 30.0 Å². The summed E-state index contributed by atoms with van der Waals surface area (Å²) in [6.07, 6.45) is 0. The standard InChI is InChI=1S/C14H15BrFNO/c1-8-6-12(10(3)18-8)9(2)17-14-7-11(16)4-5-13(14)15/h4-7,9,17H,1-3H3. The van der Waals surface area contributed by atoms with Crippen LogP contribution in [0, 0.1) is 19.7 Å². The minimum absolute atomic E-state index is 0.0561. The molecule has 0 saturated heterocycles. The van der Waals surface area contributed by atoms with Gasteiger partial charge in [0.05, 0.1) is 11.7 Å². The monoisotopic (exact) mass is 311 g/mol. The highest BCUT2D eigenvalue weighted by atomic mass is 79.9. The van der Waals surface area contributed by atoms with Crippen LogP contribution in [0.15, 0.2) is 33.2 Å². The first-order chi connectivity index (χ1) is 8.47. The fourth-order valence-electron chi connectivity index (χ4n) is 2.00. The average Bonchev–Trinajstić information content (AvgIpc) is 2.63. The summed E-state index contributed by atoms with van der Waals surface area (Å²) in [5, 5.41) is 3.27. The van der Waals surface area contributed by atoms with Crippen molar-refractivity contribution in [3.63, 3.8) is 0 Å². The number of anilines is 1. The van der Waals surface area contributed by atoms with E-state index in [0.717, 1.165) is 27.2 Å². The van der Waals surface area contributed by atoms with E-state index >= 15 is 0 Å². The maximum Gasteiger partial charge on any atom is 0.125 e. The van der Waals surface area contributed by atoms with Crippen LogP contribution in [-0.2, 0) is 0 Å². The quantitative estimate of drug-likeness (QED) is 0.865. The maximum absolute atomic E-state index is 13.2. The molecule has 0 amide bonds. The molecule has 2 aromatic rings. The van der Waals surface area contributed by atoms with Gasteiger partial charge in [0.1, 0.15) is 17.3 Å². The third-order valence-electron chi connectivity index (χ3n) is 2.85. The zero-order chi connectivity index (χ0) is 13.3. The van der Waals surface area contributed by atoms with Crippen molar-refractivity contribution in [1.29, 1.82) is 0 Å². The molecule has 1 unspecified atom stereocenters. The third kappa shape index (κ3) is 2.75. The molecule has 18 heavy (non-hydrogen) atoms. The Morgan fingerprint density at radius 1 is 1.28 bits per heavy atom. The topological polar surface area (TPSA) is 25.2 Å². The van der Waals surface area contributed by atoms with Crippen molar-refractivity contribution in [3.8, 4) is 0 Å². The van der Waals surface area contributed by atoms with Crippen molar-refractivity contribution >= 4 is 21.6 Å². The van der Waals surface area contributed by atoms with Gasteiger partial charge in [-0.15, -0.1) is 0 Å². The van der Waals surface area contributed by atoms with Crippen LogP contribution in [0.25, 0.3) is 0 Å². The molecule has 1 atom stereocenters. The molecule has 1 N–H and O–H groups in total. The molecule has 2 nitrogen and oxygen atoms in total. The SMILES string of the molecule is Cc1cc(C(C)Nc2cc(F)ccc2Br)c(C)o1. The number of benzene rings is 1. The molecule has 4 heteroatoms. The number of aryl methyl sites for hydroxylation is 2. The summed E-state index contributed by atoms with van der Waals surface area (Å²) < 4.78 is 19.5. The van der Waals surface area contributed by atoms with Gasteiger partial charge in [0.2, 0.25) is 0 Å². The molecule has 0 aliphatic heterocycles. The molecular weight excluding hydrogens is 297 g/mol. The predicted molar refractivity (Wildman–Crippen MR) is 74.3 cm³/mol. The number of hydrogen-bond donors (Lipinski definition) is 1. The van der Waals surface area contributed by atoms with Crippen molar-refractivity contribution in [3.05, 3.63) is 51.6 Å². The van der Waals surface area contributed by atoms with Crippen LogP contribution in [0.3, 0.4) is 0 Å². The van der Waals surface area contributed by atoms with E-state index in [1.54, 1.807) is 6.07 Å². The van der Waals surface area contributed by atoms with E-state index in [-0.39, 0.29) is 11.9 Å². The van der Waals surface area contributed by atoms with Gasteiger partial charge in [-0.1, -0.05) is 0 Å². The van der Waals surface area contributed by atoms with Gasteiger partial charge >= 0.3 is 0 Å². The van der Waals surface area contributed by atoms with Crippen LogP contribution < -0.4 is 5.32 Å². The summed E-state index contributed by atoms with van der Waals surface area (Å²) in [5.74, 6) is 1.52. The first kappa shape index (κ1) is 13.1. The second-order valence-electron chi connectivity index (χ2n) is 4.36. The van der Waals surface area contributed by atoms with Crippen LogP contribution in [0.5, 0.6) is 0 Å². The molecule has 1 aromatic heterocycles. The third-order valence-corrected chi connectivity index (χ3v) is 3.54. The highest BCUT2D eigenvalue weighted by Crippen LogP contribution is 2.29. The van der Waals surface area contributed by atoms with Crippen LogP contribution in [0.4, 0.5) is 10.1 Å². The fraction of sp³-hybridized carbons (Fsp3) is 0.286. The number of nitrogens with one attached hydrogen (secondary N) is 1. The van der Waals surface area contributed by atoms with Gasteiger partial charge < -0.3 is 9.73 Å². The highest BCUT2D eigenvalue weighted by molar-refractivity contribution is 9.10. The van der Waals surface area contributed by atoms with Gasteiger partial charge in [-0.25, -0.2) is 4.39 Å². The van der Waals surface area contributed by atoms with Gasteiger partial charge in [-0.2, -0.15) is 0 Å². The second-order valence-corrected chi connectivity index (χ2v) is 5.21. The largest absolute Gasteiger partial charge is 0.466 e. The van der Waals surface area contributed by atoms with Crippen molar-refractivity contribution in [2.24, 2.45) is 0 Å². The summed E-state index contributed by atoms with van der Waals surface area (Å²) in [7, 11) is 0. The Labute approximate surface area is 114 Å². The average molecular weight is 312 g/mol. The van der Waals surface area contributed by atoms with Gasteiger partial charge in [0.25, 0.3) is 0 Å². The maximum atomic E-state index is 13.2. The summed E-state index contributed by atoms with van der Waals surface area (Å²) in [5.41, 5.74) is 1.82. The molecule has 0 radical (unpaired) electrons. The lowest BCUT2D eigenvalue weighted by atomic mass is 10.1. The zero-order valence-electron chi connectivity index (χ0n) is 10.6. The number of furan rings is 1. The smallest absolute Gasteiger partial charge is 0.125 e. The first-order valence-electron chi connectivity index (χ1n) is 5.76. The van der Waals surface area contributed by atoms with Gasteiger partial charge in [0, 0.05) is 10.0 Å². The Bertz CT molecular complexity index is 565. The second kappa shape index (κ2) is 5.14. The van der Waals surface area contributed by atoms with E-state index in [9.17, 15) is 4.39 Å². The summed E-state index contributed by atoms with van der Waals surface area (Å²) >= 11 is 3.40. The minimum Gasteiger partial charge on any atom is -0.466 e. The molecule has 2 rings (SSSR count). The van der Waals surface area contributed by atoms with Gasteiger partial charge in [-0.3, -0.25) is 0 Å². The normalized spacial score (nSPS) is 12.5. The molecule has 0 fully saturated rings. The molecule has 0 saturated carbocycles. The molecule has 96 valence electrons. The molecule has 0 aliphatic carbocycles. The summed E-state index contributed by atoms with van der Waals surface area (Å²) in [6.45, 7) is 5.87. The molecule has 1 heterocycles. The van der Waals surface area contributed by atoms with Gasteiger partial charge in [-0.05, 0) is 61.0 Å². The highest BCUT2D eigenvalue weighted by Gasteiger charge is 2.13.